The third kappa shape index (κ3) is 3.17. The van der Waals surface area contributed by atoms with E-state index < -0.39 is 12.1 Å². The number of carboxylic acid groups (broad SMARTS) is 1. The lowest BCUT2D eigenvalue weighted by Crippen LogP contribution is -2.37. The molecule has 0 aromatic carbocycles. The van der Waals surface area contributed by atoms with E-state index in [1.807, 2.05) is 4.90 Å². The maximum absolute atomic E-state index is 12.8. The normalized spacial score (nSPS) is 25.6. The molecule has 0 spiro atoms. The van der Waals surface area contributed by atoms with Gasteiger partial charge in [0.25, 0.3) is 0 Å². The molecular weight excluding hydrogens is 161 g/mol. The molecule has 0 aromatic rings. The van der Waals surface area contributed by atoms with E-state index in [0.717, 1.165) is 13.0 Å². The van der Waals surface area contributed by atoms with Crippen molar-refractivity contribution in [2.75, 3.05) is 19.6 Å². The van der Waals surface area contributed by atoms with Crippen molar-refractivity contribution in [3.05, 3.63) is 0 Å². The minimum atomic E-state index is -0.809. The molecule has 0 unspecified atom stereocenters. The molecule has 1 aliphatic rings. The molecule has 1 N–H and O–H groups in total. The van der Waals surface area contributed by atoms with Crippen LogP contribution in [0.1, 0.15) is 19.3 Å². The molecule has 0 radical (unpaired) electrons. The Morgan fingerprint density at radius 2 is 2.42 bits per heavy atom. The number of hydrogen-bond donors (Lipinski definition) is 1. The molecule has 1 saturated heterocycles. The zero-order chi connectivity index (χ0) is 8.97. The Bertz CT molecular complexity index is 163. The molecule has 0 saturated carbocycles. The van der Waals surface area contributed by atoms with Crippen molar-refractivity contribution in [2.24, 2.45) is 0 Å². The van der Waals surface area contributed by atoms with Crippen molar-refractivity contribution in [3.63, 3.8) is 0 Å². The Balaban J connectivity index is 2.18. The van der Waals surface area contributed by atoms with Gasteiger partial charge in [-0.15, -0.1) is 0 Å². The SMILES string of the molecule is O=C(O)CCN1CCC[C@H](F)C1. The van der Waals surface area contributed by atoms with Gasteiger partial charge in [-0.05, 0) is 19.4 Å². The summed E-state index contributed by atoms with van der Waals surface area (Å²) < 4.78 is 12.8. The van der Waals surface area contributed by atoms with E-state index in [2.05, 4.69) is 0 Å². The highest BCUT2D eigenvalue weighted by Gasteiger charge is 2.18. The number of carboxylic acids is 1. The Labute approximate surface area is 71.2 Å². The highest BCUT2D eigenvalue weighted by molar-refractivity contribution is 5.66. The molecule has 1 heterocycles. The maximum atomic E-state index is 12.8. The first-order valence-corrected chi connectivity index (χ1v) is 4.26. The van der Waals surface area contributed by atoms with Gasteiger partial charge in [0.05, 0.1) is 6.42 Å². The number of piperidine rings is 1. The van der Waals surface area contributed by atoms with Gasteiger partial charge in [0.2, 0.25) is 0 Å². The minimum absolute atomic E-state index is 0.118. The number of halogens is 1. The molecule has 0 aliphatic carbocycles. The van der Waals surface area contributed by atoms with E-state index in [1.165, 1.54) is 0 Å². The molecule has 1 atom stereocenters. The van der Waals surface area contributed by atoms with Gasteiger partial charge in [-0.1, -0.05) is 0 Å². The molecule has 1 aliphatic heterocycles. The summed E-state index contributed by atoms with van der Waals surface area (Å²) in [5.41, 5.74) is 0. The van der Waals surface area contributed by atoms with Crippen LogP contribution in [0.2, 0.25) is 0 Å². The van der Waals surface area contributed by atoms with Crippen molar-refractivity contribution >= 4 is 5.97 Å². The lowest BCUT2D eigenvalue weighted by molar-refractivity contribution is -0.137. The van der Waals surface area contributed by atoms with Crippen LogP contribution in [0, 0.1) is 0 Å². The first kappa shape index (κ1) is 9.45. The molecule has 70 valence electrons. The van der Waals surface area contributed by atoms with Gasteiger partial charge in [0, 0.05) is 13.1 Å². The third-order valence-electron chi connectivity index (χ3n) is 2.09. The lowest BCUT2D eigenvalue weighted by Gasteiger charge is -2.28. The number of likely N-dealkylation sites (tertiary alicyclic amines) is 1. The van der Waals surface area contributed by atoms with Crippen LogP contribution in [0.3, 0.4) is 0 Å². The van der Waals surface area contributed by atoms with Crippen LogP contribution in [0.15, 0.2) is 0 Å². The molecule has 3 nitrogen and oxygen atoms in total. The van der Waals surface area contributed by atoms with Crippen LogP contribution in [0.4, 0.5) is 4.39 Å². The fourth-order valence-electron chi connectivity index (χ4n) is 1.46. The van der Waals surface area contributed by atoms with Gasteiger partial charge in [0.15, 0.2) is 0 Å². The smallest absolute Gasteiger partial charge is 0.304 e. The number of aliphatic carboxylic acids is 1. The maximum Gasteiger partial charge on any atom is 0.304 e. The number of nitrogens with zero attached hydrogens (tertiary/aromatic N) is 1. The average molecular weight is 175 g/mol. The van der Waals surface area contributed by atoms with E-state index in [4.69, 9.17) is 5.11 Å². The molecule has 0 bridgehead atoms. The second-order valence-corrected chi connectivity index (χ2v) is 3.18. The number of alkyl halides is 1. The Morgan fingerprint density at radius 3 is 3.00 bits per heavy atom. The summed E-state index contributed by atoms with van der Waals surface area (Å²) in [6.07, 6.45) is 0.837. The van der Waals surface area contributed by atoms with Gasteiger partial charge < -0.3 is 5.11 Å². The van der Waals surface area contributed by atoms with Crippen LogP contribution < -0.4 is 0 Å². The monoisotopic (exact) mass is 175 g/mol. The molecule has 0 amide bonds. The Morgan fingerprint density at radius 1 is 1.67 bits per heavy atom. The zero-order valence-electron chi connectivity index (χ0n) is 7.00. The van der Waals surface area contributed by atoms with Crippen molar-refractivity contribution in [3.8, 4) is 0 Å². The summed E-state index contributed by atoms with van der Waals surface area (Å²) in [4.78, 5) is 12.1. The fraction of sp³-hybridized carbons (Fsp3) is 0.875. The van der Waals surface area contributed by atoms with Crippen LogP contribution in [0.5, 0.6) is 0 Å². The Hall–Kier alpha value is -0.640. The van der Waals surface area contributed by atoms with Crippen LogP contribution >= 0.6 is 0 Å². The van der Waals surface area contributed by atoms with Crippen LogP contribution in [-0.4, -0.2) is 41.8 Å². The molecule has 1 rings (SSSR count). The predicted octanol–water partition coefficient (Wildman–Crippen LogP) is 0.895. The summed E-state index contributed by atoms with van der Waals surface area (Å²) >= 11 is 0. The summed E-state index contributed by atoms with van der Waals surface area (Å²) in [7, 11) is 0. The van der Waals surface area contributed by atoms with Gasteiger partial charge in [-0.25, -0.2) is 4.39 Å². The van der Waals surface area contributed by atoms with Gasteiger partial charge >= 0.3 is 5.97 Å². The predicted molar refractivity (Wildman–Crippen MR) is 42.8 cm³/mol. The van der Waals surface area contributed by atoms with Crippen molar-refractivity contribution in [1.29, 1.82) is 0 Å². The summed E-state index contributed by atoms with van der Waals surface area (Å²) in [6.45, 7) is 1.73. The fourth-order valence-corrected chi connectivity index (χ4v) is 1.46. The summed E-state index contributed by atoms with van der Waals surface area (Å²) in [5.74, 6) is -0.809. The topological polar surface area (TPSA) is 40.5 Å². The Kier molecular flexibility index (Phi) is 3.47. The third-order valence-corrected chi connectivity index (χ3v) is 2.09. The summed E-state index contributed by atoms with van der Waals surface area (Å²) in [6, 6.07) is 0. The van der Waals surface area contributed by atoms with E-state index in [-0.39, 0.29) is 6.42 Å². The highest BCUT2D eigenvalue weighted by atomic mass is 19.1. The standard InChI is InChI=1S/C8H14FNO2/c9-7-2-1-4-10(6-7)5-3-8(11)12/h7H,1-6H2,(H,11,12)/t7-/m0/s1. The van der Waals surface area contributed by atoms with Crippen LogP contribution in [-0.2, 0) is 4.79 Å². The van der Waals surface area contributed by atoms with Crippen molar-refractivity contribution in [2.45, 2.75) is 25.4 Å². The summed E-state index contributed by atoms with van der Waals surface area (Å²) in [5, 5.41) is 8.39. The second kappa shape index (κ2) is 4.40. The van der Waals surface area contributed by atoms with Crippen molar-refractivity contribution < 1.29 is 14.3 Å². The molecule has 0 aromatic heterocycles. The number of hydrogen-bond acceptors (Lipinski definition) is 2. The van der Waals surface area contributed by atoms with E-state index in [1.54, 1.807) is 0 Å². The minimum Gasteiger partial charge on any atom is -0.481 e. The van der Waals surface area contributed by atoms with Crippen LogP contribution in [0.25, 0.3) is 0 Å². The quantitative estimate of drug-likeness (QED) is 0.692. The molecular formula is C8H14FNO2. The molecule has 1 fully saturated rings. The average Bonchev–Trinajstić information content (AvgIpc) is 2.01. The first-order valence-electron chi connectivity index (χ1n) is 4.26. The van der Waals surface area contributed by atoms with E-state index >= 15 is 0 Å². The number of carbonyl (C=O) groups is 1. The van der Waals surface area contributed by atoms with Gasteiger partial charge in [-0.3, -0.25) is 9.69 Å². The second-order valence-electron chi connectivity index (χ2n) is 3.18. The zero-order valence-corrected chi connectivity index (χ0v) is 7.00. The van der Waals surface area contributed by atoms with E-state index in [0.29, 0.717) is 19.5 Å². The number of rotatable bonds is 3. The molecule has 12 heavy (non-hydrogen) atoms. The largest absolute Gasteiger partial charge is 0.481 e. The first-order chi connectivity index (χ1) is 5.68. The van der Waals surface area contributed by atoms with Crippen molar-refractivity contribution in [1.82, 2.24) is 4.90 Å². The molecule has 4 heteroatoms. The van der Waals surface area contributed by atoms with Gasteiger partial charge in [0.1, 0.15) is 6.17 Å². The van der Waals surface area contributed by atoms with Gasteiger partial charge in [-0.2, -0.15) is 0 Å². The lowest BCUT2D eigenvalue weighted by atomic mass is 10.1. The highest BCUT2D eigenvalue weighted by Crippen LogP contribution is 2.12. The van der Waals surface area contributed by atoms with E-state index in [9.17, 15) is 9.18 Å².